The van der Waals surface area contributed by atoms with Gasteiger partial charge in [-0.2, -0.15) is 4.98 Å². The topological polar surface area (TPSA) is 64.7 Å². The third kappa shape index (κ3) is 1.65. The van der Waals surface area contributed by atoms with Crippen LogP contribution in [0.25, 0.3) is 11.4 Å². The molecule has 13 heavy (non-hydrogen) atoms. The van der Waals surface area contributed by atoms with Crippen molar-refractivity contribution in [2.75, 3.05) is 5.73 Å². The van der Waals surface area contributed by atoms with E-state index in [9.17, 15) is 0 Å². The summed E-state index contributed by atoms with van der Waals surface area (Å²) in [5.41, 5.74) is 6.44. The number of nitrogens with zero attached hydrogens (tertiary/aromatic N) is 3. The van der Waals surface area contributed by atoms with E-state index >= 15 is 0 Å². The van der Waals surface area contributed by atoms with E-state index in [1.165, 1.54) is 11.2 Å². The molecular formula is C8H8N4S. The Morgan fingerprint density at radius 2 is 2.23 bits per heavy atom. The molecule has 0 unspecified atom stereocenters. The van der Waals surface area contributed by atoms with Crippen molar-refractivity contribution in [2.24, 2.45) is 0 Å². The largest absolute Gasteiger partial charge is 0.368 e. The zero-order valence-corrected chi connectivity index (χ0v) is 7.88. The first kappa shape index (κ1) is 8.12. The fourth-order valence-corrected chi connectivity index (χ4v) is 1.69. The van der Waals surface area contributed by atoms with E-state index in [1.54, 1.807) is 11.3 Å². The summed E-state index contributed by atoms with van der Waals surface area (Å²) in [6.45, 7) is 2.04. The maximum absolute atomic E-state index is 5.44. The molecule has 5 heteroatoms. The van der Waals surface area contributed by atoms with Crippen molar-refractivity contribution in [2.45, 2.75) is 6.92 Å². The molecule has 2 N–H and O–H groups in total. The van der Waals surface area contributed by atoms with Crippen LogP contribution in [-0.2, 0) is 0 Å². The number of hydrogen-bond acceptors (Lipinski definition) is 5. The molecule has 0 amide bonds. The van der Waals surface area contributed by atoms with E-state index in [0.717, 1.165) is 5.56 Å². The lowest BCUT2D eigenvalue weighted by Crippen LogP contribution is -1.97. The Balaban J connectivity index is 2.46. The van der Waals surface area contributed by atoms with Gasteiger partial charge >= 0.3 is 0 Å². The molecule has 0 saturated carbocycles. The van der Waals surface area contributed by atoms with Crippen LogP contribution in [-0.4, -0.2) is 15.0 Å². The Hall–Kier alpha value is -1.49. The fourth-order valence-electron chi connectivity index (χ4n) is 1.01. The number of nitrogens with two attached hydrogens (primary N) is 1. The lowest BCUT2D eigenvalue weighted by atomic mass is 10.3. The Kier molecular flexibility index (Phi) is 1.94. The van der Waals surface area contributed by atoms with Gasteiger partial charge in [-0.05, 0) is 13.0 Å². The lowest BCUT2D eigenvalue weighted by molar-refractivity contribution is 1.07. The Morgan fingerprint density at radius 3 is 2.85 bits per heavy atom. The van der Waals surface area contributed by atoms with Crippen molar-refractivity contribution >= 4 is 17.3 Å². The number of thiophene rings is 1. The van der Waals surface area contributed by atoms with Gasteiger partial charge in [-0.3, -0.25) is 0 Å². The Morgan fingerprint density at radius 1 is 1.38 bits per heavy atom. The molecule has 0 spiro atoms. The molecule has 4 nitrogen and oxygen atoms in total. The zero-order chi connectivity index (χ0) is 9.26. The first-order chi connectivity index (χ1) is 6.25. The van der Waals surface area contributed by atoms with Gasteiger partial charge in [0.1, 0.15) is 6.33 Å². The van der Waals surface area contributed by atoms with Crippen LogP contribution in [0.3, 0.4) is 0 Å². The molecule has 0 aliphatic rings. The molecule has 0 aliphatic heterocycles. The number of aryl methyl sites for hydroxylation is 1. The Labute approximate surface area is 79.5 Å². The van der Waals surface area contributed by atoms with Crippen molar-refractivity contribution < 1.29 is 0 Å². The van der Waals surface area contributed by atoms with E-state index < -0.39 is 0 Å². The van der Waals surface area contributed by atoms with Gasteiger partial charge < -0.3 is 5.73 Å². The molecule has 2 heterocycles. The Bertz CT molecular complexity index is 424. The molecule has 0 saturated heterocycles. The highest BCUT2D eigenvalue weighted by Gasteiger charge is 2.03. The molecule has 66 valence electrons. The first-order valence-electron chi connectivity index (χ1n) is 3.76. The molecule has 2 aromatic rings. The van der Waals surface area contributed by atoms with Gasteiger partial charge in [0.15, 0.2) is 5.82 Å². The van der Waals surface area contributed by atoms with Gasteiger partial charge in [0.25, 0.3) is 0 Å². The minimum Gasteiger partial charge on any atom is -0.368 e. The third-order valence-corrected chi connectivity index (χ3v) is 2.44. The standard InChI is InChI=1S/C8H8N4S/c1-5-2-6(3-13-5)7-10-4-11-8(9)12-7/h2-4H,1H3,(H2,9,10,11,12). The van der Waals surface area contributed by atoms with Crippen LogP contribution in [0, 0.1) is 6.92 Å². The average molecular weight is 192 g/mol. The van der Waals surface area contributed by atoms with Crippen LogP contribution < -0.4 is 5.73 Å². The number of aromatic nitrogens is 3. The monoisotopic (exact) mass is 192 g/mol. The van der Waals surface area contributed by atoms with Crippen LogP contribution in [0.1, 0.15) is 4.88 Å². The summed E-state index contributed by atoms with van der Waals surface area (Å²) in [7, 11) is 0. The van der Waals surface area contributed by atoms with Crippen molar-refractivity contribution in [3.05, 3.63) is 22.7 Å². The number of nitrogen functional groups attached to an aromatic ring is 1. The molecule has 0 aliphatic carbocycles. The average Bonchev–Trinajstić information content (AvgIpc) is 2.52. The summed E-state index contributed by atoms with van der Waals surface area (Å²) in [6, 6.07) is 2.03. The summed E-state index contributed by atoms with van der Waals surface area (Å²) in [5, 5.41) is 2.00. The van der Waals surface area contributed by atoms with Crippen molar-refractivity contribution in [3.8, 4) is 11.4 Å². The summed E-state index contributed by atoms with van der Waals surface area (Å²) in [6.07, 6.45) is 1.42. The van der Waals surface area contributed by atoms with Gasteiger partial charge in [-0.15, -0.1) is 11.3 Å². The normalized spacial score (nSPS) is 10.2. The van der Waals surface area contributed by atoms with Crippen LogP contribution >= 0.6 is 11.3 Å². The van der Waals surface area contributed by atoms with E-state index in [0.29, 0.717) is 5.82 Å². The highest BCUT2D eigenvalue weighted by atomic mass is 32.1. The fraction of sp³-hybridized carbons (Fsp3) is 0.125. The molecular weight excluding hydrogens is 184 g/mol. The summed E-state index contributed by atoms with van der Waals surface area (Å²) in [5.74, 6) is 0.894. The maximum atomic E-state index is 5.44. The molecule has 2 rings (SSSR count). The lowest BCUT2D eigenvalue weighted by Gasteiger charge is -1.94. The van der Waals surface area contributed by atoms with Gasteiger partial charge in [0.2, 0.25) is 5.95 Å². The van der Waals surface area contributed by atoms with Crippen molar-refractivity contribution in [1.82, 2.24) is 15.0 Å². The van der Waals surface area contributed by atoms with Crippen LogP contribution in [0.5, 0.6) is 0 Å². The summed E-state index contributed by atoms with van der Waals surface area (Å²) in [4.78, 5) is 13.0. The second kappa shape index (κ2) is 3.10. The van der Waals surface area contributed by atoms with E-state index in [-0.39, 0.29) is 5.95 Å². The smallest absolute Gasteiger partial charge is 0.223 e. The summed E-state index contributed by atoms with van der Waals surface area (Å²) < 4.78 is 0. The minimum absolute atomic E-state index is 0.258. The molecule has 2 aromatic heterocycles. The van der Waals surface area contributed by atoms with E-state index in [4.69, 9.17) is 5.73 Å². The van der Waals surface area contributed by atoms with Crippen LogP contribution in [0.15, 0.2) is 17.8 Å². The van der Waals surface area contributed by atoms with Crippen LogP contribution in [0.2, 0.25) is 0 Å². The van der Waals surface area contributed by atoms with Crippen molar-refractivity contribution in [1.29, 1.82) is 0 Å². The molecule has 0 radical (unpaired) electrons. The molecule has 0 atom stereocenters. The molecule has 0 fully saturated rings. The quantitative estimate of drug-likeness (QED) is 0.743. The minimum atomic E-state index is 0.258. The maximum Gasteiger partial charge on any atom is 0.223 e. The first-order valence-corrected chi connectivity index (χ1v) is 4.64. The van der Waals surface area contributed by atoms with E-state index in [2.05, 4.69) is 15.0 Å². The van der Waals surface area contributed by atoms with Gasteiger partial charge in [-0.1, -0.05) is 0 Å². The molecule has 0 bridgehead atoms. The number of hydrogen-bond donors (Lipinski definition) is 1. The molecule has 0 aromatic carbocycles. The highest BCUT2D eigenvalue weighted by Crippen LogP contribution is 2.21. The van der Waals surface area contributed by atoms with Gasteiger partial charge in [0.05, 0.1) is 0 Å². The second-order valence-electron chi connectivity index (χ2n) is 2.61. The zero-order valence-electron chi connectivity index (χ0n) is 7.06. The second-order valence-corrected chi connectivity index (χ2v) is 3.73. The predicted molar refractivity (Wildman–Crippen MR) is 52.3 cm³/mol. The van der Waals surface area contributed by atoms with E-state index in [1.807, 2.05) is 18.4 Å². The SMILES string of the molecule is Cc1cc(-c2ncnc(N)n2)cs1. The highest BCUT2D eigenvalue weighted by molar-refractivity contribution is 7.10. The van der Waals surface area contributed by atoms with Crippen molar-refractivity contribution in [3.63, 3.8) is 0 Å². The summed E-state index contributed by atoms with van der Waals surface area (Å²) >= 11 is 1.66. The third-order valence-electron chi connectivity index (χ3n) is 1.58. The predicted octanol–water partition coefficient (Wildman–Crippen LogP) is 1.49. The number of rotatable bonds is 1. The number of anilines is 1. The van der Waals surface area contributed by atoms with Crippen LogP contribution in [0.4, 0.5) is 5.95 Å². The van der Waals surface area contributed by atoms with Gasteiger partial charge in [-0.25, -0.2) is 9.97 Å². The van der Waals surface area contributed by atoms with Gasteiger partial charge in [0, 0.05) is 15.8 Å².